The molecule has 4 aliphatic rings. The predicted octanol–water partition coefficient (Wildman–Crippen LogP) is 4.06. The minimum atomic E-state index is -0.170. The molecule has 2 N–H and O–H groups in total. The van der Waals surface area contributed by atoms with Crippen molar-refractivity contribution in [1.29, 1.82) is 0 Å². The van der Waals surface area contributed by atoms with Gasteiger partial charge in [-0.2, -0.15) is 0 Å². The molecule has 2 aliphatic heterocycles. The van der Waals surface area contributed by atoms with E-state index in [0.29, 0.717) is 17.3 Å². The molecular formula is C26H26N4O2. The fourth-order valence-electron chi connectivity index (χ4n) is 6.41. The van der Waals surface area contributed by atoms with Gasteiger partial charge in [0.15, 0.2) is 0 Å². The third-order valence-electron chi connectivity index (χ3n) is 8.60. The molecule has 6 heteroatoms. The van der Waals surface area contributed by atoms with Crippen LogP contribution in [0.15, 0.2) is 58.5 Å². The number of hydrogen-bond acceptors (Lipinski definition) is 4. The first kappa shape index (κ1) is 19.4. The molecule has 4 atom stereocenters. The lowest BCUT2D eigenvalue weighted by molar-refractivity contribution is -0.110. The summed E-state index contributed by atoms with van der Waals surface area (Å²) in [5.74, 6) is -0.0207. The summed E-state index contributed by atoms with van der Waals surface area (Å²) in [6.07, 6.45) is 2.10. The first-order valence-electron chi connectivity index (χ1n) is 11.3. The number of amides is 2. The van der Waals surface area contributed by atoms with Crippen LogP contribution < -0.4 is 10.6 Å². The van der Waals surface area contributed by atoms with E-state index >= 15 is 0 Å². The van der Waals surface area contributed by atoms with Gasteiger partial charge in [0.05, 0.1) is 23.5 Å². The quantitative estimate of drug-likeness (QED) is 0.759. The van der Waals surface area contributed by atoms with E-state index in [1.54, 1.807) is 0 Å². The van der Waals surface area contributed by atoms with E-state index in [0.717, 1.165) is 35.3 Å². The Morgan fingerprint density at radius 3 is 1.94 bits per heavy atom. The second-order valence-electron chi connectivity index (χ2n) is 10.2. The lowest BCUT2D eigenvalue weighted by Crippen LogP contribution is -2.40. The first-order chi connectivity index (χ1) is 15.3. The maximum Gasteiger partial charge on any atom is 0.274 e. The molecule has 2 saturated carbocycles. The van der Waals surface area contributed by atoms with Gasteiger partial charge in [0.1, 0.15) is 11.4 Å². The number of carbonyl (C=O) groups excluding carboxylic acids is 2. The van der Waals surface area contributed by atoms with Crippen molar-refractivity contribution < 1.29 is 9.59 Å². The van der Waals surface area contributed by atoms with Gasteiger partial charge in [-0.05, 0) is 41.7 Å². The molecule has 6 nitrogen and oxygen atoms in total. The monoisotopic (exact) mass is 426 g/mol. The molecule has 2 aliphatic carbocycles. The maximum absolute atomic E-state index is 12.8. The van der Waals surface area contributed by atoms with E-state index in [2.05, 4.69) is 31.4 Å². The average molecular weight is 427 g/mol. The van der Waals surface area contributed by atoms with Crippen molar-refractivity contribution in [3.05, 3.63) is 59.7 Å². The molecule has 2 fully saturated rings. The van der Waals surface area contributed by atoms with E-state index in [1.165, 1.54) is 0 Å². The lowest BCUT2D eigenvalue weighted by Gasteiger charge is -2.37. The molecule has 0 saturated heterocycles. The van der Waals surface area contributed by atoms with Crippen LogP contribution in [-0.4, -0.2) is 35.3 Å². The Kier molecular flexibility index (Phi) is 3.87. The topological polar surface area (TPSA) is 82.9 Å². The first-order valence-corrected chi connectivity index (χ1v) is 11.3. The standard InChI is InChI=1S/C26H26N4O2/c1-25(2)16-12-13-26(25,3)22(30-20-15-9-5-7-11-18(15)28-24(20)32)21(16)29-19-14-8-4-6-10-17(14)27-23(19)31/h4-11,16,21-22H,12-13H2,1-3H3,(H,27,29,31)(H,28,30,32)/t16-,21-,22-,26+/m1/s1. The van der Waals surface area contributed by atoms with Gasteiger partial charge in [0.25, 0.3) is 11.8 Å². The Bertz CT molecular complexity index is 1240. The summed E-state index contributed by atoms with van der Waals surface area (Å²) in [6, 6.07) is 15.0. The summed E-state index contributed by atoms with van der Waals surface area (Å²) in [6.45, 7) is 6.87. The van der Waals surface area contributed by atoms with Gasteiger partial charge in [-0.25, -0.2) is 0 Å². The highest BCUT2D eigenvalue weighted by atomic mass is 16.2. The minimum absolute atomic E-state index is 0.000347. The average Bonchev–Trinajstić information content (AvgIpc) is 3.37. The zero-order chi connectivity index (χ0) is 22.3. The van der Waals surface area contributed by atoms with Gasteiger partial charge >= 0.3 is 0 Å². The smallest absolute Gasteiger partial charge is 0.274 e. The number of hydrogen-bond donors (Lipinski definition) is 2. The number of para-hydroxylation sites is 2. The van der Waals surface area contributed by atoms with Crippen molar-refractivity contribution in [2.75, 3.05) is 10.6 Å². The number of anilines is 2. The summed E-state index contributed by atoms with van der Waals surface area (Å²) in [5, 5.41) is 5.87. The van der Waals surface area contributed by atoms with Gasteiger partial charge in [-0.15, -0.1) is 0 Å². The highest BCUT2D eigenvalue weighted by Gasteiger charge is 2.67. The Morgan fingerprint density at radius 2 is 1.34 bits per heavy atom. The van der Waals surface area contributed by atoms with E-state index in [9.17, 15) is 9.59 Å². The Balaban J connectivity index is 1.50. The van der Waals surface area contributed by atoms with E-state index in [-0.39, 0.29) is 34.7 Å². The van der Waals surface area contributed by atoms with Crippen molar-refractivity contribution in [2.24, 2.45) is 26.7 Å². The van der Waals surface area contributed by atoms with Crippen molar-refractivity contribution in [3.63, 3.8) is 0 Å². The molecule has 6 rings (SSSR count). The SMILES string of the molecule is CC1(C)[C@@H]2CC[C@@]1(C)[C@H](N=C1C(=O)Nc3ccccc31)[C@@H]2N=C1C(=O)Nc2ccccc21. The number of rotatable bonds is 2. The van der Waals surface area contributed by atoms with Crippen molar-refractivity contribution in [1.82, 2.24) is 0 Å². The maximum atomic E-state index is 12.8. The highest BCUT2D eigenvalue weighted by Crippen LogP contribution is 2.67. The largest absolute Gasteiger partial charge is 0.320 e. The van der Waals surface area contributed by atoms with Crippen LogP contribution in [0, 0.1) is 16.7 Å². The molecular weight excluding hydrogens is 400 g/mol. The number of nitrogens with zero attached hydrogens (tertiary/aromatic N) is 2. The number of nitrogens with one attached hydrogen (secondary N) is 2. The van der Waals surface area contributed by atoms with E-state index < -0.39 is 0 Å². The molecule has 0 spiro atoms. The Hall–Kier alpha value is -3.28. The lowest BCUT2D eigenvalue weighted by atomic mass is 9.69. The molecule has 162 valence electrons. The molecule has 2 bridgehead atoms. The summed E-state index contributed by atoms with van der Waals surface area (Å²) < 4.78 is 0. The summed E-state index contributed by atoms with van der Waals surface area (Å²) in [5.41, 5.74) is 4.16. The Morgan fingerprint density at radius 1 is 0.812 bits per heavy atom. The number of aliphatic imine (C=N–C) groups is 2. The second kappa shape index (κ2) is 6.37. The van der Waals surface area contributed by atoms with Crippen LogP contribution in [0.3, 0.4) is 0 Å². The van der Waals surface area contributed by atoms with Crippen LogP contribution >= 0.6 is 0 Å². The molecule has 0 radical (unpaired) electrons. The zero-order valence-electron chi connectivity index (χ0n) is 18.5. The van der Waals surface area contributed by atoms with Crippen molar-refractivity contribution in [3.8, 4) is 0 Å². The normalized spacial score (nSPS) is 34.0. The second-order valence-corrected chi connectivity index (χ2v) is 10.2. The number of carbonyl (C=O) groups is 2. The van der Waals surface area contributed by atoms with Crippen molar-refractivity contribution >= 4 is 34.6 Å². The van der Waals surface area contributed by atoms with Crippen LogP contribution in [-0.2, 0) is 9.59 Å². The zero-order valence-corrected chi connectivity index (χ0v) is 18.5. The van der Waals surface area contributed by atoms with Crippen LogP contribution in [0.2, 0.25) is 0 Å². The van der Waals surface area contributed by atoms with Gasteiger partial charge in [-0.1, -0.05) is 57.2 Å². The van der Waals surface area contributed by atoms with Crippen LogP contribution in [0.25, 0.3) is 0 Å². The minimum Gasteiger partial charge on any atom is -0.320 e. The third-order valence-corrected chi connectivity index (χ3v) is 8.60. The molecule has 2 aromatic rings. The molecule has 0 aromatic heterocycles. The molecule has 0 unspecified atom stereocenters. The van der Waals surface area contributed by atoms with Gasteiger partial charge in [-0.3, -0.25) is 19.6 Å². The fraction of sp³-hybridized carbons (Fsp3) is 0.385. The Labute approximate surface area is 187 Å². The third kappa shape index (κ3) is 2.41. The van der Waals surface area contributed by atoms with Crippen LogP contribution in [0.5, 0.6) is 0 Å². The predicted molar refractivity (Wildman–Crippen MR) is 125 cm³/mol. The van der Waals surface area contributed by atoms with E-state index in [4.69, 9.17) is 9.98 Å². The van der Waals surface area contributed by atoms with Crippen LogP contribution in [0.4, 0.5) is 11.4 Å². The fourth-order valence-corrected chi connectivity index (χ4v) is 6.41. The molecule has 2 amide bonds. The van der Waals surface area contributed by atoms with E-state index in [1.807, 2.05) is 48.5 Å². The summed E-state index contributed by atoms with van der Waals surface area (Å²) >= 11 is 0. The van der Waals surface area contributed by atoms with Gasteiger partial charge < -0.3 is 10.6 Å². The van der Waals surface area contributed by atoms with Crippen LogP contribution in [0.1, 0.15) is 44.7 Å². The molecule has 2 aromatic carbocycles. The van der Waals surface area contributed by atoms with Crippen molar-refractivity contribution in [2.45, 2.75) is 45.7 Å². The molecule has 2 heterocycles. The summed E-state index contributed by atoms with van der Waals surface area (Å²) in [7, 11) is 0. The van der Waals surface area contributed by atoms with Gasteiger partial charge in [0, 0.05) is 11.1 Å². The summed E-state index contributed by atoms with van der Waals surface area (Å²) in [4.78, 5) is 35.8. The number of fused-ring (bicyclic) bond motifs is 4. The number of benzene rings is 2. The highest BCUT2D eigenvalue weighted by molar-refractivity contribution is 6.54. The molecule has 32 heavy (non-hydrogen) atoms. The van der Waals surface area contributed by atoms with Gasteiger partial charge in [0.2, 0.25) is 0 Å².